The van der Waals surface area contributed by atoms with E-state index in [1.54, 1.807) is 7.11 Å². The van der Waals surface area contributed by atoms with Crippen LogP contribution >= 0.6 is 0 Å². The summed E-state index contributed by atoms with van der Waals surface area (Å²) in [6, 6.07) is 15.4. The van der Waals surface area contributed by atoms with E-state index in [0.29, 0.717) is 11.2 Å². The summed E-state index contributed by atoms with van der Waals surface area (Å²) in [5.74, 6) is 0.162. The van der Waals surface area contributed by atoms with Crippen molar-refractivity contribution in [3.8, 4) is 16.9 Å². The molecule has 138 valence electrons. The molecule has 1 aliphatic heterocycles. The number of carbonyl (C=O) groups is 1. The number of ether oxygens (including phenoxy) is 1. The molecule has 1 amide bonds. The van der Waals surface area contributed by atoms with E-state index in [1.165, 1.54) is 0 Å². The van der Waals surface area contributed by atoms with E-state index < -0.39 is 5.91 Å². The van der Waals surface area contributed by atoms with Crippen LogP contribution in [0.1, 0.15) is 27.7 Å². The molecular formula is C21H17N5O2. The molecule has 7 nitrogen and oxygen atoms in total. The Morgan fingerprint density at radius 1 is 1.07 bits per heavy atom. The lowest BCUT2D eigenvalue weighted by Crippen LogP contribution is -2.15. The number of nitrogens with zero attached hydrogens (tertiary/aromatic N) is 2. The second-order valence-electron chi connectivity index (χ2n) is 6.62. The number of benzene rings is 2. The zero-order valence-electron chi connectivity index (χ0n) is 15.1. The van der Waals surface area contributed by atoms with Crippen LogP contribution in [0.5, 0.6) is 5.75 Å². The molecule has 0 spiro atoms. The first-order valence-electron chi connectivity index (χ1n) is 8.85. The van der Waals surface area contributed by atoms with Gasteiger partial charge in [0.2, 0.25) is 0 Å². The van der Waals surface area contributed by atoms with Crippen molar-refractivity contribution >= 4 is 22.6 Å². The van der Waals surface area contributed by atoms with Gasteiger partial charge in [0.15, 0.2) is 11.3 Å². The summed E-state index contributed by atoms with van der Waals surface area (Å²) < 4.78 is 5.60. The molecule has 2 aromatic heterocycles. The molecule has 0 aliphatic carbocycles. The number of primary amides is 1. The topological polar surface area (TPSA) is 106 Å². The van der Waals surface area contributed by atoms with Gasteiger partial charge in [0.25, 0.3) is 5.91 Å². The average molecular weight is 371 g/mol. The second-order valence-corrected chi connectivity index (χ2v) is 6.62. The molecular weight excluding hydrogens is 354 g/mol. The Kier molecular flexibility index (Phi) is 3.55. The summed E-state index contributed by atoms with van der Waals surface area (Å²) >= 11 is 0. The Bertz CT molecular complexity index is 1230. The number of aromatic nitrogens is 3. The smallest absolute Gasteiger partial charge is 0.269 e. The van der Waals surface area contributed by atoms with Gasteiger partial charge in [-0.1, -0.05) is 36.4 Å². The second kappa shape index (κ2) is 6.09. The van der Waals surface area contributed by atoms with Crippen molar-refractivity contribution < 1.29 is 9.53 Å². The third-order valence-corrected chi connectivity index (χ3v) is 5.12. The van der Waals surface area contributed by atoms with Gasteiger partial charge in [0.1, 0.15) is 5.75 Å². The van der Waals surface area contributed by atoms with E-state index in [0.717, 1.165) is 33.5 Å². The molecule has 28 heavy (non-hydrogen) atoms. The van der Waals surface area contributed by atoms with Gasteiger partial charge in [0.05, 0.1) is 13.2 Å². The maximum absolute atomic E-state index is 12.1. The highest BCUT2D eigenvalue weighted by molar-refractivity contribution is 6.10. The molecule has 0 saturated carbocycles. The third-order valence-electron chi connectivity index (χ3n) is 5.12. The molecule has 1 atom stereocenters. The quantitative estimate of drug-likeness (QED) is 0.513. The molecule has 1 unspecified atom stereocenters. The zero-order chi connectivity index (χ0) is 19.3. The number of rotatable bonds is 3. The van der Waals surface area contributed by atoms with Gasteiger partial charge in [-0.2, -0.15) is 0 Å². The van der Waals surface area contributed by atoms with Crippen molar-refractivity contribution in [2.75, 3.05) is 12.4 Å². The van der Waals surface area contributed by atoms with Crippen molar-refractivity contribution in [1.29, 1.82) is 0 Å². The molecule has 2 aromatic carbocycles. The first kappa shape index (κ1) is 16.3. The summed E-state index contributed by atoms with van der Waals surface area (Å²) in [6.45, 7) is 0. The van der Waals surface area contributed by atoms with Gasteiger partial charge < -0.3 is 20.8 Å². The van der Waals surface area contributed by atoms with Crippen molar-refractivity contribution in [3.63, 3.8) is 0 Å². The maximum Gasteiger partial charge on any atom is 0.269 e. The number of nitrogens with one attached hydrogen (secondary N) is 2. The van der Waals surface area contributed by atoms with E-state index in [-0.39, 0.29) is 11.7 Å². The van der Waals surface area contributed by atoms with Crippen LogP contribution in [-0.2, 0) is 0 Å². The number of aromatic amines is 1. The summed E-state index contributed by atoms with van der Waals surface area (Å²) in [5, 5.41) is 12.7. The minimum atomic E-state index is -0.609. The lowest BCUT2D eigenvalue weighted by molar-refractivity contribution is 0.0995. The SMILES string of the molecule is COc1ccccc1C1Nc2ccccc2-c2c(C(N)=O)nnc3[nH]cc1c23. The fourth-order valence-corrected chi connectivity index (χ4v) is 3.91. The number of fused-ring (bicyclic) bond motifs is 2. The van der Waals surface area contributed by atoms with E-state index in [4.69, 9.17) is 10.5 Å². The van der Waals surface area contributed by atoms with Gasteiger partial charge in [-0.25, -0.2) is 0 Å². The Morgan fingerprint density at radius 2 is 1.86 bits per heavy atom. The molecule has 0 bridgehead atoms. The zero-order valence-corrected chi connectivity index (χ0v) is 15.1. The van der Waals surface area contributed by atoms with E-state index in [1.807, 2.05) is 54.7 Å². The lowest BCUT2D eigenvalue weighted by Gasteiger charge is -2.21. The number of H-pyrrole nitrogens is 1. The Morgan fingerprint density at radius 3 is 2.68 bits per heavy atom. The summed E-state index contributed by atoms with van der Waals surface area (Å²) in [4.78, 5) is 15.3. The summed E-state index contributed by atoms with van der Waals surface area (Å²) in [5.41, 5.74) is 10.7. The number of nitrogens with two attached hydrogens (primary N) is 1. The minimum Gasteiger partial charge on any atom is -0.496 e. The van der Waals surface area contributed by atoms with Crippen LogP contribution in [0, 0.1) is 0 Å². The van der Waals surface area contributed by atoms with Gasteiger partial charge in [-0.15, -0.1) is 10.2 Å². The molecule has 4 N–H and O–H groups in total. The normalized spacial score (nSPS) is 14.8. The monoisotopic (exact) mass is 371 g/mol. The fourth-order valence-electron chi connectivity index (χ4n) is 3.91. The Balaban J connectivity index is 1.90. The number of hydrogen-bond donors (Lipinski definition) is 3. The first-order valence-corrected chi connectivity index (χ1v) is 8.85. The van der Waals surface area contributed by atoms with Gasteiger partial charge in [-0.05, 0) is 12.1 Å². The van der Waals surface area contributed by atoms with Crippen molar-refractivity contribution in [3.05, 3.63) is 71.5 Å². The molecule has 0 fully saturated rings. The number of methoxy groups -OCH3 is 1. The fraction of sp³-hybridized carbons (Fsp3) is 0.0952. The highest BCUT2D eigenvalue weighted by Gasteiger charge is 2.30. The molecule has 3 heterocycles. The van der Waals surface area contributed by atoms with Crippen molar-refractivity contribution in [1.82, 2.24) is 15.2 Å². The van der Waals surface area contributed by atoms with Crippen LogP contribution in [0.4, 0.5) is 5.69 Å². The van der Waals surface area contributed by atoms with Crippen LogP contribution in [0.2, 0.25) is 0 Å². The van der Waals surface area contributed by atoms with Gasteiger partial charge in [-0.3, -0.25) is 4.79 Å². The lowest BCUT2D eigenvalue weighted by atomic mass is 9.95. The van der Waals surface area contributed by atoms with Crippen LogP contribution in [0.3, 0.4) is 0 Å². The average Bonchev–Trinajstić information content (AvgIpc) is 3.09. The maximum atomic E-state index is 12.1. The number of carbonyl (C=O) groups excluding carboxylic acids is 1. The minimum absolute atomic E-state index is 0.156. The molecule has 5 rings (SSSR count). The molecule has 4 aromatic rings. The highest BCUT2D eigenvalue weighted by atomic mass is 16.5. The predicted molar refractivity (Wildman–Crippen MR) is 106 cm³/mol. The molecule has 0 saturated heterocycles. The van der Waals surface area contributed by atoms with Gasteiger partial charge in [0, 0.05) is 39.5 Å². The Hall–Kier alpha value is -3.87. The van der Waals surface area contributed by atoms with Gasteiger partial charge >= 0.3 is 0 Å². The van der Waals surface area contributed by atoms with Crippen LogP contribution in [-0.4, -0.2) is 28.2 Å². The highest BCUT2D eigenvalue weighted by Crippen LogP contribution is 2.45. The van der Waals surface area contributed by atoms with Crippen molar-refractivity contribution in [2.45, 2.75) is 6.04 Å². The number of hydrogen-bond acceptors (Lipinski definition) is 5. The molecule has 7 heteroatoms. The van der Waals surface area contributed by atoms with Crippen LogP contribution in [0.15, 0.2) is 54.7 Å². The largest absolute Gasteiger partial charge is 0.496 e. The Labute approximate surface area is 160 Å². The number of anilines is 1. The van der Waals surface area contributed by atoms with E-state index in [2.05, 4.69) is 20.5 Å². The molecule has 0 radical (unpaired) electrons. The predicted octanol–water partition coefficient (Wildman–Crippen LogP) is 3.25. The summed E-state index contributed by atoms with van der Waals surface area (Å²) in [7, 11) is 1.65. The number of amides is 1. The van der Waals surface area contributed by atoms with Crippen LogP contribution in [0.25, 0.3) is 22.2 Å². The van der Waals surface area contributed by atoms with E-state index in [9.17, 15) is 4.79 Å². The summed E-state index contributed by atoms with van der Waals surface area (Å²) in [6.07, 6.45) is 1.89. The molecule has 1 aliphatic rings. The standard InChI is InChI=1S/C21H17N5O2/c1-28-15-9-5-3-7-12(15)18-13-10-23-21-17(13)16(19(20(22)27)25-26-21)11-6-2-4-8-14(11)24-18/h2-10,18,24H,1H3,(H2,22,27)(H,23,26). The third kappa shape index (κ3) is 2.26. The number of para-hydroxylation sites is 2. The van der Waals surface area contributed by atoms with Crippen molar-refractivity contribution in [2.24, 2.45) is 5.73 Å². The van der Waals surface area contributed by atoms with Crippen LogP contribution < -0.4 is 15.8 Å². The first-order chi connectivity index (χ1) is 13.7. The van der Waals surface area contributed by atoms with E-state index >= 15 is 0 Å².